The summed E-state index contributed by atoms with van der Waals surface area (Å²) in [6.45, 7) is 4.87. The van der Waals surface area contributed by atoms with E-state index in [9.17, 15) is 9.59 Å². The van der Waals surface area contributed by atoms with Crippen molar-refractivity contribution >= 4 is 17.5 Å². The number of rotatable bonds is 7. The van der Waals surface area contributed by atoms with Gasteiger partial charge in [-0.1, -0.05) is 30.3 Å². The molecule has 1 aliphatic heterocycles. The molecule has 2 amide bonds. The molecule has 1 saturated heterocycles. The Morgan fingerprint density at radius 2 is 1.86 bits per heavy atom. The first kappa shape index (κ1) is 20.7. The Labute approximate surface area is 172 Å². The molecule has 1 heterocycles. The molecule has 2 aromatic carbocycles. The first-order valence-corrected chi connectivity index (χ1v) is 9.81. The molecule has 0 bridgehead atoms. The number of hydrogen-bond donors (Lipinski definition) is 0. The molecule has 0 aromatic heterocycles. The summed E-state index contributed by atoms with van der Waals surface area (Å²) in [6.07, 6.45) is 0.192. The van der Waals surface area contributed by atoms with Gasteiger partial charge in [0.25, 0.3) is 0 Å². The van der Waals surface area contributed by atoms with Crippen LogP contribution in [0.1, 0.15) is 25.8 Å². The molecule has 1 aliphatic rings. The van der Waals surface area contributed by atoms with Crippen LogP contribution in [0.5, 0.6) is 11.5 Å². The Bertz CT molecular complexity index is 866. The summed E-state index contributed by atoms with van der Waals surface area (Å²) < 4.78 is 10.7. The minimum Gasteiger partial charge on any atom is -0.497 e. The van der Waals surface area contributed by atoms with Crippen molar-refractivity contribution in [2.45, 2.75) is 32.9 Å². The minimum absolute atomic E-state index is 0.00145. The van der Waals surface area contributed by atoms with E-state index in [1.165, 1.54) is 0 Å². The number of carbonyl (C=O) groups is 2. The van der Waals surface area contributed by atoms with Gasteiger partial charge in [0.2, 0.25) is 11.8 Å². The third-order valence-corrected chi connectivity index (χ3v) is 5.25. The van der Waals surface area contributed by atoms with Gasteiger partial charge in [-0.3, -0.25) is 9.59 Å². The predicted molar refractivity (Wildman–Crippen MR) is 112 cm³/mol. The molecule has 29 heavy (non-hydrogen) atoms. The largest absolute Gasteiger partial charge is 0.497 e. The molecule has 1 atom stereocenters. The highest BCUT2D eigenvalue weighted by Crippen LogP contribution is 2.36. The molecule has 0 aliphatic carbocycles. The van der Waals surface area contributed by atoms with Crippen LogP contribution < -0.4 is 14.4 Å². The molecular weight excluding hydrogens is 368 g/mol. The molecule has 3 rings (SSSR count). The van der Waals surface area contributed by atoms with Crippen molar-refractivity contribution in [3.8, 4) is 11.5 Å². The lowest BCUT2D eigenvalue weighted by Gasteiger charge is -2.29. The molecule has 0 spiro atoms. The highest BCUT2D eigenvalue weighted by Gasteiger charge is 2.38. The monoisotopic (exact) mass is 396 g/mol. The number of nitrogens with zero attached hydrogens (tertiary/aromatic N) is 2. The zero-order valence-corrected chi connectivity index (χ0v) is 17.4. The fourth-order valence-electron chi connectivity index (χ4n) is 3.64. The van der Waals surface area contributed by atoms with Crippen LogP contribution in [0.15, 0.2) is 48.5 Å². The van der Waals surface area contributed by atoms with Crippen LogP contribution in [0.25, 0.3) is 0 Å². The zero-order chi connectivity index (χ0) is 21.0. The molecule has 0 saturated carbocycles. The maximum atomic E-state index is 13.3. The van der Waals surface area contributed by atoms with E-state index in [4.69, 9.17) is 9.47 Å². The fraction of sp³-hybridized carbons (Fsp3) is 0.391. The molecular formula is C23H28N2O4. The molecule has 1 fully saturated rings. The quantitative estimate of drug-likeness (QED) is 0.719. The summed E-state index contributed by atoms with van der Waals surface area (Å²) in [6, 6.07) is 15.3. The second-order valence-corrected chi connectivity index (χ2v) is 7.49. The third kappa shape index (κ3) is 4.53. The van der Waals surface area contributed by atoms with E-state index in [-0.39, 0.29) is 30.2 Å². The Morgan fingerprint density at radius 1 is 1.14 bits per heavy atom. The number of methoxy groups -OCH3 is 2. The predicted octanol–water partition coefficient (Wildman–Crippen LogP) is 3.49. The van der Waals surface area contributed by atoms with E-state index in [2.05, 4.69) is 0 Å². The molecule has 2 aromatic rings. The lowest BCUT2D eigenvalue weighted by Crippen LogP contribution is -2.41. The first-order valence-electron chi connectivity index (χ1n) is 9.81. The van der Waals surface area contributed by atoms with Gasteiger partial charge in [0.15, 0.2) is 0 Å². The molecule has 6 nitrogen and oxygen atoms in total. The van der Waals surface area contributed by atoms with Crippen molar-refractivity contribution in [2.24, 2.45) is 5.92 Å². The fourth-order valence-corrected chi connectivity index (χ4v) is 3.64. The molecule has 154 valence electrons. The van der Waals surface area contributed by atoms with Crippen LogP contribution in [-0.2, 0) is 16.1 Å². The van der Waals surface area contributed by atoms with Gasteiger partial charge in [-0.15, -0.1) is 0 Å². The van der Waals surface area contributed by atoms with Gasteiger partial charge in [0, 0.05) is 31.6 Å². The van der Waals surface area contributed by atoms with Crippen molar-refractivity contribution in [1.82, 2.24) is 4.90 Å². The summed E-state index contributed by atoms with van der Waals surface area (Å²) in [4.78, 5) is 29.5. The second-order valence-electron chi connectivity index (χ2n) is 7.49. The topological polar surface area (TPSA) is 59.1 Å². The van der Waals surface area contributed by atoms with Crippen LogP contribution in [0, 0.1) is 5.92 Å². The van der Waals surface area contributed by atoms with Crippen LogP contribution in [0.3, 0.4) is 0 Å². The van der Waals surface area contributed by atoms with Gasteiger partial charge in [0.1, 0.15) is 11.5 Å². The maximum Gasteiger partial charge on any atom is 0.228 e. The first-order chi connectivity index (χ1) is 13.9. The van der Waals surface area contributed by atoms with Gasteiger partial charge >= 0.3 is 0 Å². The number of benzene rings is 2. The number of ether oxygens (including phenoxy) is 2. The van der Waals surface area contributed by atoms with Crippen LogP contribution in [0.4, 0.5) is 5.69 Å². The van der Waals surface area contributed by atoms with E-state index in [0.29, 0.717) is 30.3 Å². The Balaban J connectivity index is 1.80. The lowest BCUT2D eigenvalue weighted by molar-refractivity contribution is -0.138. The average Bonchev–Trinajstić information content (AvgIpc) is 3.13. The normalized spacial score (nSPS) is 16.2. The molecule has 0 radical (unpaired) electrons. The third-order valence-electron chi connectivity index (χ3n) is 5.25. The maximum absolute atomic E-state index is 13.3. The van der Waals surface area contributed by atoms with Crippen LogP contribution in [0.2, 0.25) is 0 Å². The highest BCUT2D eigenvalue weighted by molar-refractivity contribution is 6.01. The van der Waals surface area contributed by atoms with E-state index in [0.717, 1.165) is 5.56 Å². The van der Waals surface area contributed by atoms with Crippen molar-refractivity contribution in [2.75, 3.05) is 25.7 Å². The Kier molecular flexibility index (Phi) is 6.42. The lowest BCUT2D eigenvalue weighted by atomic mass is 10.1. The van der Waals surface area contributed by atoms with Gasteiger partial charge in [-0.2, -0.15) is 0 Å². The average molecular weight is 396 g/mol. The smallest absolute Gasteiger partial charge is 0.228 e. The van der Waals surface area contributed by atoms with E-state index < -0.39 is 0 Å². The minimum atomic E-state index is -0.385. The van der Waals surface area contributed by atoms with E-state index >= 15 is 0 Å². The summed E-state index contributed by atoms with van der Waals surface area (Å²) in [7, 11) is 3.14. The van der Waals surface area contributed by atoms with Gasteiger partial charge in [-0.25, -0.2) is 0 Å². The summed E-state index contributed by atoms with van der Waals surface area (Å²) in [5.74, 6) is 0.748. The van der Waals surface area contributed by atoms with Gasteiger partial charge < -0.3 is 19.3 Å². The number of carbonyl (C=O) groups excluding carboxylic acids is 2. The SMILES string of the molecule is COc1ccc(OC)c(N2C[C@@H](C(=O)N(Cc3ccccc3)C(C)C)CC2=O)c1. The van der Waals surface area contributed by atoms with Crippen molar-refractivity contribution in [1.29, 1.82) is 0 Å². The summed E-state index contributed by atoms with van der Waals surface area (Å²) >= 11 is 0. The van der Waals surface area contributed by atoms with Crippen LogP contribution >= 0.6 is 0 Å². The standard InChI is InChI=1S/C23H28N2O4/c1-16(2)24(14-17-8-6-5-7-9-17)23(27)18-12-22(26)25(15-18)20-13-19(28-3)10-11-21(20)29-4/h5-11,13,16,18H,12,14-15H2,1-4H3/t18-/m0/s1. The molecule has 6 heteroatoms. The number of amides is 2. The van der Waals surface area contributed by atoms with Crippen molar-refractivity contribution in [3.05, 3.63) is 54.1 Å². The van der Waals surface area contributed by atoms with Crippen LogP contribution in [-0.4, -0.2) is 43.5 Å². The number of anilines is 1. The van der Waals surface area contributed by atoms with Gasteiger partial charge in [0.05, 0.1) is 25.8 Å². The van der Waals surface area contributed by atoms with Crippen molar-refractivity contribution in [3.63, 3.8) is 0 Å². The number of hydrogen-bond acceptors (Lipinski definition) is 4. The van der Waals surface area contributed by atoms with E-state index in [1.54, 1.807) is 37.3 Å². The summed E-state index contributed by atoms with van der Waals surface area (Å²) in [5, 5.41) is 0. The molecule has 0 unspecified atom stereocenters. The van der Waals surface area contributed by atoms with E-state index in [1.807, 2.05) is 49.1 Å². The van der Waals surface area contributed by atoms with Crippen molar-refractivity contribution < 1.29 is 19.1 Å². The second kappa shape index (κ2) is 8.99. The highest BCUT2D eigenvalue weighted by atomic mass is 16.5. The Morgan fingerprint density at radius 3 is 2.48 bits per heavy atom. The Hall–Kier alpha value is -3.02. The summed E-state index contributed by atoms with van der Waals surface area (Å²) in [5.41, 5.74) is 1.71. The zero-order valence-electron chi connectivity index (χ0n) is 17.4. The molecule has 0 N–H and O–H groups in total. The van der Waals surface area contributed by atoms with Gasteiger partial charge in [-0.05, 0) is 31.5 Å².